The third-order valence-corrected chi connectivity index (χ3v) is 3.38. The smallest absolute Gasteiger partial charge is 0.257 e. The molecule has 0 aromatic carbocycles. The molecule has 96 valence electrons. The number of amides is 1. The monoisotopic (exact) mass is 303 g/mol. The van der Waals surface area contributed by atoms with E-state index in [1.807, 2.05) is 19.1 Å². The van der Waals surface area contributed by atoms with Gasteiger partial charge in [0.2, 0.25) is 0 Å². The zero-order valence-corrected chi connectivity index (χ0v) is 11.5. The summed E-state index contributed by atoms with van der Waals surface area (Å²) in [6, 6.07) is 3.84. The molecule has 0 spiro atoms. The van der Waals surface area contributed by atoms with Crippen LogP contribution in [0.3, 0.4) is 0 Å². The highest BCUT2D eigenvalue weighted by Gasteiger charge is 2.11. The second-order valence-electron chi connectivity index (χ2n) is 3.73. The van der Waals surface area contributed by atoms with Crippen molar-refractivity contribution in [1.82, 2.24) is 5.48 Å². The van der Waals surface area contributed by atoms with Crippen LogP contribution in [0, 0.1) is 0 Å². The van der Waals surface area contributed by atoms with Crippen LogP contribution in [0.5, 0.6) is 0 Å². The van der Waals surface area contributed by atoms with E-state index in [9.17, 15) is 4.79 Å². The molecule has 0 aliphatic rings. The standard InChI is InChI=1S/C12H18BrNO3/c1-2-11(13)12(15)14-17-9-4-3-6-10-7-5-8-16-10/h5,7-8,11H,2-4,6,9H2,1H3,(H,14,15). The fourth-order valence-corrected chi connectivity index (χ4v) is 1.39. The summed E-state index contributed by atoms with van der Waals surface area (Å²) in [5.41, 5.74) is 2.42. The third kappa shape index (κ3) is 5.89. The van der Waals surface area contributed by atoms with Crippen LogP contribution in [-0.4, -0.2) is 17.3 Å². The lowest BCUT2D eigenvalue weighted by molar-refractivity contribution is -0.132. The van der Waals surface area contributed by atoms with Gasteiger partial charge in [-0.05, 0) is 31.4 Å². The number of hydrogen-bond acceptors (Lipinski definition) is 3. The molecule has 1 amide bonds. The zero-order valence-electron chi connectivity index (χ0n) is 9.95. The lowest BCUT2D eigenvalue weighted by atomic mass is 10.2. The van der Waals surface area contributed by atoms with Crippen molar-refractivity contribution in [2.45, 2.75) is 37.4 Å². The van der Waals surface area contributed by atoms with Crippen LogP contribution in [0.2, 0.25) is 0 Å². The van der Waals surface area contributed by atoms with E-state index < -0.39 is 0 Å². The number of nitrogens with one attached hydrogen (secondary N) is 1. The Hall–Kier alpha value is -0.810. The second-order valence-corrected chi connectivity index (χ2v) is 4.83. The Balaban J connectivity index is 1.96. The number of alkyl halides is 1. The van der Waals surface area contributed by atoms with Crippen LogP contribution in [0.25, 0.3) is 0 Å². The Morgan fingerprint density at radius 1 is 1.59 bits per heavy atom. The fraction of sp³-hybridized carbons (Fsp3) is 0.583. The highest BCUT2D eigenvalue weighted by Crippen LogP contribution is 2.06. The van der Waals surface area contributed by atoms with E-state index in [1.54, 1.807) is 6.26 Å². The van der Waals surface area contributed by atoms with Crippen molar-refractivity contribution in [2.75, 3.05) is 6.61 Å². The number of carbonyl (C=O) groups excluding carboxylic acids is 1. The van der Waals surface area contributed by atoms with Gasteiger partial charge in [-0.25, -0.2) is 5.48 Å². The van der Waals surface area contributed by atoms with Crippen LogP contribution in [0.1, 0.15) is 31.9 Å². The molecule has 1 N–H and O–H groups in total. The van der Waals surface area contributed by atoms with E-state index in [1.165, 1.54) is 0 Å². The third-order valence-electron chi connectivity index (χ3n) is 2.32. The summed E-state index contributed by atoms with van der Waals surface area (Å²) in [6.07, 6.45) is 5.19. The van der Waals surface area contributed by atoms with Gasteiger partial charge >= 0.3 is 0 Å². The molecule has 5 heteroatoms. The predicted octanol–water partition coefficient (Wildman–Crippen LogP) is 2.82. The molecule has 0 bridgehead atoms. The van der Waals surface area contributed by atoms with Crippen molar-refractivity contribution in [3.05, 3.63) is 24.2 Å². The highest BCUT2D eigenvalue weighted by molar-refractivity contribution is 9.10. The first-order valence-corrected chi connectivity index (χ1v) is 6.73. The van der Waals surface area contributed by atoms with Gasteiger partial charge in [0.1, 0.15) is 5.76 Å². The molecule has 1 rings (SSSR count). The number of rotatable bonds is 8. The molecule has 1 atom stereocenters. The molecular formula is C12H18BrNO3. The SMILES string of the molecule is CCC(Br)C(=O)NOCCCCc1ccco1. The van der Waals surface area contributed by atoms with Crippen molar-refractivity contribution in [1.29, 1.82) is 0 Å². The number of hydrogen-bond donors (Lipinski definition) is 1. The fourth-order valence-electron chi connectivity index (χ4n) is 1.30. The Morgan fingerprint density at radius 3 is 3.06 bits per heavy atom. The van der Waals surface area contributed by atoms with Crippen molar-refractivity contribution < 1.29 is 14.0 Å². The lowest BCUT2D eigenvalue weighted by Crippen LogP contribution is -2.31. The largest absolute Gasteiger partial charge is 0.469 e. The summed E-state index contributed by atoms with van der Waals surface area (Å²) >= 11 is 3.25. The molecule has 1 aromatic heterocycles. The molecule has 1 heterocycles. The summed E-state index contributed by atoms with van der Waals surface area (Å²) in [4.78, 5) is 16.2. The van der Waals surface area contributed by atoms with Gasteiger partial charge in [0.15, 0.2) is 0 Å². The Labute approximate surface area is 110 Å². The highest BCUT2D eigenvalue weighted by atomic mass is 79.9. The molecule has 17 heavy (non-hydrogen) atoms. The van der Waals surface area contributed by atoms with Gasteiger partial charge in [0.25, 0.3) is 5.91 Å². The molecule has 4 nitrogen and oxygen atoms in total. The van der Waals surface area contributed by atoms with E-state index in [0.717, 1.165) is 31.4 Å². The average Bonchev–Trinajstić information content (AvgIpc) is 2.85. The molecule has 0 saturated heterocycles. The predicted molar refractivity (Wildman–Crippen MR) is 68.7 cm³/mol. The van der Waals surface area contributed by atoms with Crippen LogP contribution < -0.4 is 5.48 Å². The minimum atomic E-state index is -0.175. The maximum absolute atomic E-state index is 11.3. The second kappa shape index (κ2) is 8.31. The maximum atomic E-state index is 11.3. The molecule has 1 unspecified atom stereocenters. The Kier molecular flexibility index (Phi) is 6.96. The van der Waals surface area contributed by atoms with Gasteiger partial charge in [-0.1, -0.05) is 22.9 Å². The average molecular weight is 304 g/mol. The quantitative estimate of drug-likeness (QED) is 0.456. The number of hydroxylamine groups is 1. The van der Waals surface area contributed by atoms with Gasteiger partial charge in [-0.3, -0.25) is 9.63 Å². The summed E-state index contributed by atoms with van der Waals surface area (Å²) in [5, 5.41) is 0. The number of halogens is 1. The van der Waals surface area contributed by atoms with Gasteiger partial charge in [0, 0.05) is 6.42 Å². The van der Waals surface area contributed by atoms with Crippen molar-refractivity contribution in [3.8, 4) is 0 Å². The minimum Gasteiger partial charge on any atom is -0.469 e. The molecule has 0 saturated carbocycles. The molecule has 1 aromatic rings. The molecule has 0 aliphatic carbocycles. The normalized spacial score (nSPS) is 12.4. The molecule has 0 aliphatic heterocycles. The first kappa shape index (κ1) is 14.3. The van der Waals surface area contributed by atoms with Crippen molar-refractivity contribution >= 4 is 21.8 Å². The molecular weight excluding hydrogens is 286 g/mol. The van der Waals surface area contributed by atoms with Gasteiger partial charge < -0.3 is 4.42 Å². The van der Waals surface area contributed by atoms with E-state index in [0.29, 0.717) is 6.61 Å². The molecule has 0 radical (unpaired) electrons. The van der Waals surface area contributed by atoms with Crippen LogP contribution in [0.15, 0.2) is 22.8 Å². The first-order valence-electron chi connectivity index (χ1n) is 5.82. The van der Waals surface area contributed by atoms with Crippen LogP contribution >= 0.6 is 15.9 Å². The van der Waals surface area contributed by atoms with Crippen LogP contribution in [-0.2, 0) is 16.1 Å². The van der Waals surface area contributed by atoms with Gasteiger partial charge in [0.05, 0.1) is 17.7 Å². The lowest BCUT2D eigenvalue weighted by Gasteiger charge is -2.08. The van der Waals surface area contributed by atoms with E-state index >= 15 is 0 Å². The Morgan fingerprint density at radius 2 is 2.41 bits per heavy atom. The maximum Gasteiger partial charge on any atom is 0.257 e. The summed E-state index contributed by atoms with van der Waals surface area (Å²) in [5.74, 6) is 0.860. The zero-order chi connectivity index (χ0) is 12.5. The summed E-state index contributed by atoms with van der Waals surface area (Å²) in [7, 11) is 0. The number of unbranched alkanes of at least 4 members (excludes halogenated alkanes) is 1. The van der Waals surface area contributed by atoms with Crippen LogP contribution in [0.4, 0.5) is 0 Å². The minimum absolute atomic E-state index is 0.126. The van der Waals surface area contributed by atoms with Crippen molar-refractivity contribution in [2.24, 2.45) is 0 Å². The first-order chi connectivity index (χ1) is 8.24. The summed E-state index contributed by atoms with van der Waals surface area (Å²) in [6.45, 7) is 2.46. The Bertz CT molecular complexity index is 314. The van der Waals surface area contributed by atoms with E-state index in [2.05, 4.69) is 21.4 Å². The topological polar surface area (TPSA) is 51.5 Å². The van der Waals surface area contributed by atoms with Gasteiger partial charge in [-0.15, -0.1) is 0 Å². The van der Waals surface area contributed by atoms with Crippen molar-refractivity contribution in [3.63, 3.8) is 0 Å². The molecule has 0 fully saturated rings. The van der Waals surface area contributed by atoms with E-state index in [4.69, 9.17) is 9.25 Å². The number of aryl methyl sites for hydroxylation is 1. The van der Waals surface area contributed by atoms with Gasteiger partial charge in [-0.2, -0.15) is 0 Å². The summed E-state index contributed by atoms with van der Waals surface area (Å²) < 4.78 is 5.21. The number of furan rings is 1. The van der Waals surface area contributed by atoms with E-state index in [-0.39, 0.29) is 10.7 Å². The number of carbonyl (C=O) groups is 1.